The van der Waals surface area contributed by atoms with Gasteiger partial charge in [0.2, 0.25) is 0 Å². The Hall–Kier alpha value is -2.95. The topological polar surface area (TPSA) is 75.9 Å². The number of nitrogens with one attached hydrogen (secondary N) is 1. The molecule has 1 aromatic carbocycles. The van der Waals surface area contributed by atoms with Crippen molar-refractivity contribution in [2.24, 2.45) is 5.92 Å². The number of carbonyl (C=O) groups is 1. The zero-order valence-electron chi connectivity index (χ0n) is 16.6. The molecule has 0 saturated carbocycles. The number of hydrogen-bond acceptors (Lipinski definition) is 4. The van der Waals surface area contributed by atoms with E-state index in [1.54, 1.807) is 4.90 Å². The van der Waals surface area contributed by atoms with Crippen molar-refractivity contribution in [3.8, 4) is 5.82 Å². The monoisotopic (exact) mass is 494 g/mol. The molecular weight excluding hydrogens is 477 g/mol. The third kappa shape index (κ3) is 4.01. The van der Waals surface area contributed by atoms with E-state index in [2.05, 4.69) is 43.4 Å². The Kier molecular flexibility index (Phi) is 5.46. The van der Waals surface area contributed by atoms with E-state index in [1.807, 2.05) is 25.1 Å². The number of nitrogens with zero attached hydrogens (tertiary/aromatic N) is 5. The van der Waals surface area contributed by atoms with Gasteiger partial charge in [-0.1, -0.05) is 35.8 Å². The van der Waals surface area contributed by atoms with Crippen molar-refractivity contribution in [3.05, 3.63) is 58.5 Å². The lowest BCUT2D eigenvalue weighted by molar-refractivity contribution is -0.137. The molecule has 11 heteroatoms. The van der Waals surface area contributed by atoms with E-state index >= 15 is 0 Å². The van der Waals surface area contributed by atoms with E-state index in [9.17, 15) is 18.0 Å². The molecule has 2 aromatic heterocycles. The molecule has 0 saturated heterocycles. The molecule has 1 aliphatic heterocycles. The van der Waals surface area contributed by atoms with Crippen molar-refractivity contribution < 1.29 is 18.0 Å². The highest BCUT2D eigenvalue weighted by molar-refractivity contribution is 9.10. The molecular formula is C20H18BrF3N6O. The van der Waals surface area contributed by atoms with Crippen molar-refractivity contribution in [2.45, 2.75) is 25.9 Å². The molecule has 0 fully saturated rings. The summed E-state index contributed by atoms with van der Waals surface area (Å²) in [5.74, 6) is -0.0896. The summed E-state index contributed by atoms with van der Waals surface area (Å²) in [4.78, 5) is 19.2. The molecule has 0 bridgehead atoms. The summed E-state index contributed by atoms with van der Waals surface area (Å²) in [6.45, 7) is 4.55. The highest BCUT2D eigenvalue weighted by Crippen LogP contribution is 2.42. The Morgan fingerprint density at radius 1 is 1.23 bits per heavy atom. The maximum absolute atomic E-state index is 13.6. The zero-order valence-corrected chi connectivity index (χ0v) is 18.1. The lowest BCUT2D eigenvalue weighted by Gasteiger charge is -2.37. The number of benzene rings is 1. The molecule has 7 nitrogen and oxygen atoms in total. The summed E-state index contributed by atoms with van der Waals surface area (Å²) in [7, 11) is 0. The van der Waals surface area contributed by atoms with Gasteiger partial charge in [0.15, 0.2) is 5.82 Å². The number of hydrogen-bond donors (Lipinski definition) is 1. The van der Waals surface area contributed by atoms with Gasteiger partial charge in [-0.3, -0.25) is 4.90 Å². The number of amides is 2. The highest BCUT2D eigenvalue weighted by atomic mass is 79.9. The van der Waals surface area contributed by atoms with Crippen LogP contribution in [-0.2, 0) is 6.18 Å². The van der Waals surface area contributed by atoms with E-state index in [4.69, 9.17) is 0 Å². The lowest BCUT2D eigenvalue weighted by atomic mass is 9.84. The van der Waals surface area contributed by atoms with Gasteiger partial charge in [-0.15, -0.1) is 4.80 Å². The molecule has 31 heavy (non-hydrogen) atoms. The summed E-state index contributed by atoms with van der Waals surface area (Å²) in [6.07, 6.45) is -1.04. The van der Waals surface area contributed by atoms with Gasteiger partial charge >= 0.3 is 12.2 Å². The number of pyridine rings is 1. The first-order valence-corrected chi connectivity index (χ1v) is 10.3. The average Bonchev–Trinajstić information content (AvgIpc) is 3.24. The second kappa shape index (κ2) is 7.95. The highest BCUT2D eigenvalue weighted by Gasteiger charge is 2.37. The van der Waals surface area contributed by atoms with Gasteiger partial charge in [-0.2, -0.15) is 23.4 Å². The minimum Gasteiger partial charge on any atom is -0.306 e. The number of carbonyl (C=O) groups excluding carboxylic acids is 1. The van der Waals surface area contributed by atoms with Gasteiger partial charge in [-0.05, 0) is 35.6 Å². The Bertz CT molecular complexity index is 1120. The maximum atomic E-state index is 13.6. The molecule has 0 unspecified atom stereocenters. The lowest BCUT2D eigenvalue weighted by Crippen LogP contribution is -2.43. The van der Waals surface area contributed by atoms with Crippen LogP contribution in [0.5, 0.6) is 0 Å². The number of alkyl halides is 3. The van der Waals surface area contributed by atoms with Crippen LogP contribution in [0, 0.1) is 5.92 Å². The van der Waals surface area contributed by atoms with Crippen LogP contribution in [0.2, 0.25) is 0 Å². The van der Waals surface area contributed by atoms with Crippen LogP contribution in [0.25, 0.3) is 5.82 Å². The Balaban J connectivity index is 1.67. The maximum Gasteiger partial charge on any atom is 0.420 e. The smallest absolute Gasteiger partial charge is 0.306 e. The summed E-state index contributed by atoms with van der Waals surface area (Å²) >= 11 is 3.54. The summed E-state index contributed by atoms with van der Waals surface area (Å²) in [5.41, 5.74) is 0.589. The van der Waals surface area contributed by atoms with Gasteiger partial charge in [0.1, 0.15) is 5.56 Å². The Labute approximate surface area is 184 Å². The van der Waals surface area contributed by atoms with Crippen LogP contribution in [0.15, 0.2) is 47.3 Å². The second-order valence-corrected chi connectivity index (χ2v) is 8.25. The van der Waals surface area contributed by atoms with Crippen LogP contribution < -0.4 is 10.2 Å². The first kappa shape index (κ1) is 21.3. The van der Waals surface area contributed by atoms with E-state index in [1.165, 1.54) is 12.4 Å². The molecule has 4 rings (SSSR count). The fourth-order valence-electron chi connectivity index (χ4n) is 3.64. The van der Waals surface area contributed by atoms with Crippen LogP contribution >= 0.6 is 15.9 Å². The van der Waals surface area contributed by atoms with E-state index < -0.39 is 23.6 Å². The quantitative estimate of drug-likeness (QED) is 0.528. The molecule has 0 aliphatic carbocycles. The average molecular weight is 495 g/mol. The van der Waals surface area contributed by atoms with Gasteiger partial charge in [0.05, 0.1) is 30.0 Å². The van der Waals surface area contributed by atoms with Gasteiger partial charge in [0, 0.05) is 11.0 Å². The molecule has 1 aliphatic rings. The number of halogens is 4. The number of anilines is 2. The van der Waals surface area contributed by atoms with E-state index in [-0.39, 0.29) is 17.5 Å². The Morgan fingerprint density at radius 2 is 1.94 bits per heavy atom. The fourth-order valence-corrected chi connectivity index (χ4v) is 4.36. The standard InChI is InChI=1S/C20H18BrF3N6O/c1-11-10-29(16-5-3-4-15(21)17(16)12(11)2)19(31)28-13-8-14(20(22,23)24)18(25-9-13)30-26-6-7-27-30/h3-9,11-12H,10H2,1-2H3,(H,28,31)/t11-,12-/m1/s1. The molecule has 0 radical (unpaired) electrons. The first-order chi connectivity index (χ1) is 14.7. The van der Waals surface area contributed by atoms with Crippen molar-refractivity contribution in [1.82, 2.24) is 20.0 Å². The predicted octanol–water partition coefficient (Wildman–Crippen LogP) is 5.24. The second-order valence-electron chi connectivity index (χ2n) is 7.39. The van der Waals surface area contributed by atoms with Crippen molar-refractivity contribution in [2.75, 3.05) is 16.8 Å². The van der Waals surface area contributed by atoms with Gasteiger partial charge < -0.3 is 5.32 Å². The molecule has 162 valence electrons. The van der Waals surface area contributed by atoms with Crippen molar-refractivity contribution in [1.29, 1.82) is 0 Å². The molecule has 0 spiro atoms. The zero-order chi connectivity index (χ0) is 22.3. The number of urea groups is 1. The molecule has 3 heterocycles. The van der Waals surface area contributed by atoms with E-state index in [0.717, 1.165) is 32.8 Å². The minimum atomic E-state index is -4.71. The normalized spacial score (nSPS) is 18.6. The molecule has 1 N–H and O–H groups in total. The molecule has 2 amide bonds. The van der Waals surface area contributed by atoms with Crippen molar-refractivity contribution >= 4 is 33.3 Å². The summed E-state index contributed by atoms with van der Waals surface area (Å²) in [5, 5.41) is 9.98. The Morgan fingerprint density at radius 3 is 2.61 bits per heavy atom. The van der Waals surface area contributed by atoms with Gasteiger partial charge in [-0.25, -0.2) is 9.78 Å². The molecule has 2 atom stereocenters. The van der Waals surface area contributed by atoms with Crippen molar-refractivity contribution in [3.63, 3.8) is 0 Å². The largest absolute Gasteiger partial charge is 0.420 e. The third-order valence-electron chi connectivity index (χ3n) is 5.38. The number of aromatic nitrogens is 4. The van der Waals surface area contributed by atoms with E-state index in [0.29, 0.717) is 6.54 Å². The molecule has 3 aromatic rings. The van der Waals surface area contributed by atoms with Crippen LogP contribution in [0.1, 0.15) is 30.9 Å². The summed E-state index contributed by atoms with van der Waals surface area (Å²) < 4.78 is 41.7. The first-order valence-electron chi connectivity index (χ1n) is 9.47. The summed E-state index contributed by atoms with van der Waals surface area (Å²) in [6, 6.07) is 5.86. The SMILES string of the molecule is C[C@@H]1CN(C(=O)Nc2cnc(-n3nccn3)c(C(F)(F)F)c2)c2cccc(Br)c2[C@@H]1C. The van der Waals surface area contributed by atoms with Crippen LogP contribution in [0.3, 0.4) is 0 Å². The van der Waals surface area contributed by atoms with Gasteiger partial charge in [0.25, 0.3) is 0 Å². The van der Waals surface area contributed by atoms with Crippen LogP contribution in [-0.4, -0.2) is 32.6 Å². The minimum absolute atomic E-state index is 0.0731. The predicted molar refractivity (Wildman–Crippen MR) is 112 cm³/mol. The fraction of sp³-hybridized carbons (Fsp3) is 0.300. The number of fused-ring (bicyclic) bond motifs is 1. The third-order valence-corrected chi connectivity index (χ3v) is 6.07. The van der Waals surface area contributed by atoms with Crippen LogP contribution in [0.4, 0.5) is 29.3 Å². The number of rotatable bonds is 2.